The Hall–Kier alpha value is -1.13. The molecule has 2 heterocycles. The first kappa shape index (κ1) is 10.4. The second-order valence-electron chi connectivity index (χ2n) is 3.89. The first-order chi connectivity index (χ1) is 7.29. The highest BCUT2D eigenvalue weighted by molar-refractivity contribution is 5.81. The smallest absolute Gasteiger partial charge is 0.150 e. The van der Waals surface area contributed by atoms with Gasteiger partial charge < -0.3 is 10.3 Å². The van der Waals surface area contributed by atoms with Crippen LogP contribution in [0.4, 0.5) is 0 Å². The average Bonchev–Trinajstić information content (AvgIpc) is 2.30. The zero-order valence-corrected chi connectivity index (χ0v) is 9.02. The van der Waals surface area contributed by atoms with Gasteiger partial charge in [0.05, 0.1) is 12.6 Å². The molecular formula is C11H17N3O. The molecule has 0 amide bonds. The fourth-order valence-electron chi connectivity index (χ4n) is 2.00. The van der Waals surface area contributed by atoms with E-state index in [1.807, 2.05) is 18.4 Å². The molecule has 1 unspecified atom stereocenters. The molecule has 15 heavy (non-hydrogen) atoms. The van der Waals surface area contributed by atoms with E-state index in [0.29, 0.717) is 0 Å². The molecular weight excluding hydrogens is 190 g/mol. The summed E-state index contributed by atoms with van der Waals surface area (Å²) in [5.41, 5.74) is 0. The van der Waals surface area contributed by atoms with Gasteiger partial charge in [-0.3, -0.25) is 4.79 Å². The SMILES string of the molecule is CC(=O)C1CNCCN1N1C=CC=CC1. The number of hydrogen-bond acceptors (Lipinski definition) is 4. The third-order valence-corrected chi connectivity index (χ3v) is 2.81. The van der Waals surface area contributed by atoms with Crippen molar-refractivity contribution in [2.24, 2.45) is 0 Å². The predicted molar refractivity (Wildman–Crippen MR) is 59.0 cm³/mol. The molecule has 4 nitrogen and oxygen atoms in total. The van der Waals surface area contributed by atoms with Crippen molar-refractivity contribution in [3.63, 3.8) is 0 Å². The number of ketones is 1. The Morgan fingerprint density at radius 3 is 3.00 bits per heavy atom. The number of nitrogens with one attached hydrogen (secondary N) is 1. The van der Waals surface area contributed by atoms with Crippen LogP contribution in [-0.4, -0.2) is 48.0 Å². The number of allylic oxidation sites excluding steroid dienone is 2. The van der Waals surface area contributed by atoms with Crippen molar-refractivity contribution in [3.8, 4) is 0 Å². The zero-order valence-electron chi connectivity index (χ0n) is 9.02. The number of carbonyl (C=O) groups excluding carboxylic acids is 1. The Morgan fingerprint density at radius 1 is 1.47 bits per heavy atom. The largest absolute Gasteiger partial charge is 0.313 e. The average molecular weight is 207 g/mol. The first-order valence-corrected chi connectivity index (χ1v) is 5.37. The van der Waals surface area contributed by atoms with Gasteiger partial charge in [-0.25, -0.2) is 5.01 Å². The van der Waals surface area contributed by atoms with Crippen LogP contribution in [0, 0.1) is 0 Å². The quantitative estimate of drug-likeness (QED) is 0.699. The lowest BCUT2D eigenvalue weighted by molar-refractivity contribution is -0.130. The van der Waals surface area contributed by atoms with E-state index >= 15 is 0 Å². The van der Waals surface area contributed by atoms with Crippen LogP contribution in [0.15, 0.2) is 24.4 Å². The molecule has 2 aliphatic heterocycles. The van der Waals surface area contributed by atoms with Crippen LogP contribution < -0.4 is 5.32 Å². The van der Waals surface area contributed by atoms with Crippen LogP contribution in [-0.2, 0) is 4.79 Å². The summed E-state index contributed by atoms with van der Waals surface area (Å²) in [4.78, 5) is 11.5. The lowest BCUT2D eigenvalue weighted by Gasteiger charge is -2.42. The van der Waals surface area contributed by atoms with Crippen molar-refractivity contribution in [1.82, 2.24) is 15.3 Å². The molecule has 0 aliphatic carbocycles. The maximum absolute atomic E-state index is 11.5. The maximum atomic E-state index is 11.5. The number of piperazine rings is 1. The van der Waals surface area contributed by atoms with E-state index in [9.17, 15) is 4.79 Å². The van der Waals surface area contributed by atoms with E-state index in [2.05, 4.69) is 21.4 Å². The summed E-state index contributed by atoms with van der Waals surface area (Å²) in [5.74, 6) is 0.227. The van der Waals surface area contributed by atoms with Crippen LogP contribution in [0.3, 0.4) is 0 Å². The number of carbonyl (C=O) groups is 1. The summed E-state index contributed by atoms with van der Waals surface area (Å²) in [7, 11) is 0. The van der Waals surface area contributed by atoms with E-state index < -0.39 is 0 Å². The predicted octanol–water partition coefficient (Wildman–Crippen LogP) is 0.150. The summed E-state index contributed by atoms with van der Waals surface area (Å²) < 4.78 is 0. The first-order valence-electron chi connectivity index (χ1n) is 5.37. The third-order valence-electron chi connectivity index (χ3n) is 2.81. The van der Waals surface area contributed by atoms with Crippen molar-refractivity contribution < 1.29 is 4.79 Å². The van der Waals surface area contributed by atoms with E-state index in [1.54, 1.807) is 6.92 Å². The Balaban J connectivity index is 2.07. The van der Waals surface area contributed by atoms with Gasteiger partial charge in [-0.05, 0) is 13.0 Å². The number of hydrogen-bond donors (Lipinski definition) is 1. The molecule has 0 aromatic heterocycles. The highest BCUT2D eigenvalue weighted by Gasteiger charge is 2.28. The molecule has 4 heteroatoms. The molecule has 2 aliphatic rings. The van der Waals surface area contributed by atoms with Gasteiger partial charge in [-0.1, -0.05) is 12.2 Å². The van der Waals surface area contributed by atoms with Gasteiger partial charge in [0, 0.05) is 25.8 Å². The molecule has 82 valence electrons. The van der Waals surface area contributed by atoms with Gasteiger partial charge >= 0.3 is 0 Å². The van der Waals surface area contributed by atoms with Crippen LogP contribution in [0.2, 0.25) is 0 Å². The van der Waals surface area contributed by atoms with Crippen LogP contribution >= 0.6 is 0 Å². The Labute approximate surface area is 90.2 Å². The second kappa shape index (κ2) is 4.59. The fourth-order valence-corrected chi connectivity index (χ4v) is 2.00. The van der Waals surface area contributed by atoms with E-state index in [1.165, 1.54) is 0 Å². The molecule has 0 saturated carbocycles. The van der Waals surface area contributed by atoms with Crippen molar-refractivity contribution in [1.29, 1.82) is 0 Å². The molecule has 0 radical (unpaired) electrons. The molecule has 0 aromatic rings. The van der Waals surface area contributed by atoms with Crippen molar-refractivity contribution >= 4 is 5.78 Å². The summed E-state index contributed by atoms with van der Waals surface area (Å²) in [6.07, 6.45) is 8.16. The minimum Gasteiger partial charge on any atom is -0.313 e. The molecule has 0 spiro atoms. The summed E-state index contributed by atoms with van der Waals surface area (Å²) in [6, 6.07) is -0.0186. The van der Waals surface area contributed by atoms with E-state index in [0.717, 1.165) is 26.2 Å². The lowest BCUT2D eigenvalue weighted by atomic mass is 10.1. The van der Waals surface area contributed by atoms with Gasteiger partial charge in [0.1, 0.15) is 5.78 Å². The summed E-state index contributed by atoms with van der Waals surface area (Å²) in [6.45, 7) is 5.11. The van der Waals surface area contributed by atoms with E-state index in [-0.39, 0.29) is 11.8 Å². The van der Waals surface area contributed by atoms with Crippen LogP contribution in [0.5, 0.6) is 0 Å². The minimum atomic E-state index is -0.0186. The van der Waals surface area contributed by atoms with Gasteiger partial charge in [-0.2, -0.15) is 0 Å². The van der Waals surface area contributed by atoms with Crippen molar-refractivity contribution in [2.75, 3.05) is 26.2 Å². The van der Waals surface area contributed by atoms with Gasteiger partial charge in [0.15, 0.2) is 0 Å². The highest BCUT2D eigenvalue weighted by atomic mass is 16.1. The lowest BCUT2D eigenvalue weighted by Crippen LogP contribution is -2.59. The Kier molecular flexibility index (Phi) is 3.18. The number of hydrazine groups is 1. The third kappa shape index (κ3) is 2.27. The topological polar surface area (TPSA) is 35.6 Å². The van der Waals surface area contributed by atoms with Gasteiger partial charge in [-0.15, -0.1) is 0 Å². The Morgan fingerprint density at radius 2 is 2.33 bits per heavy atom. The molecule has 0 bridgehead atoms. The van der Waals surface area contributed by atoms with Crippen molar-refractivity contribution in [3.05, 3.63) is 24.4 Å². The molecule has 0 aromatic carbocycles. The highest BCUT2D eigenvalue weighted by Crippen LogP contribution is 2.11. The van der Waals surface area contributed by atoms with Crippen molar-refractivity contribution in [2.45, 2.75) is 13.0 Å². The standard InChI is InChI=1S/C11H17N3O/c1-10(15)11-9-12-5-8-14(11)13-6-3-2-4-7-13/h2-4,6,11-12H,5,7-9H2,1H3. The number of rotatable bonds is 2. The second-order valence-corrected chi connectivity index (χ2v) is 3.89. The van der Waals surface area contributed by atoms with Crippen LogP contribution in [0.25, 0.3) is 0 Å². The number of nitrogens with zero attached hydrogens (tertiary/aromatic N) is 2. The zero-order chi connectivity index (χ0) is 10.7. The maximum Gasteiger partial charge on any atom is 0.150 e. The van der Waals surface area contributed by atoms with E-state index in [4.69, 9.17) is 0 Å². The van der Waals surface area contributed by atoms with Crippen LogP contribution in [0.1, 0.15) is 6.92 Å². The van der Waals surface area contributed by atoms with Gasteiger partial charge in [0.2, 0.25) is 0 Å². The molecule has 1 atom stereocenters. The number of Topliss-reactive ketones (excluding diaryl/α,β-unsaturated/α-hetero) is 1. The normalized spacial score (nSPS) is 27.0. The molecule has 2 rings (SSSR count). The van der Waals surface area contributed by atoms with Gasteiger partial charge in [0.25, 0.3) is 0 Å². The molecule has 1 saturated heterocycles. The minimum absolute atomic E-state index is 0.0186. The monoisotopic (exact) mass is 207 g/mol. The fraction of sp³-hybridized carbons (Fsp3) is 0.545. The molecule has 1 fully saturated rings. The summed E-state index contributed by atoms with van der Waals surface area (Å²) >= 11 is 0. The summed E-state index contributed by atoms with van der Waals surface area (Å²) in [5, 5.41) is 7.52. The molecule has 1 N–H and O–H groups in total. The Bertz CT molecular complexity index is 298.